The Hall–Kier alpha value is -3.00. The number of likely N-dealkylation sites (tertiary alicyclic amines) is 1. The van der Waals surface area contributed by atoms with Crippen LogP contribution in [0.3, 0.4) is 0 Å². The average Bonchev–Trinajstić information content (AvgIpc) is 3.44. The number of carbonyl (C=O) groups excluding carboxylic acids is 2. The van der Waals surface area contributed by atoms with Crippen molar-refractivity contribution in [3.63, 3.8) is 0 Å². The molecule has 1 spiro atoms. The van der Waals surface area contributed by atoms with Crippen LogP contribution in [-0.4, -0.2) is 84.4 Å². The fraction of sp³-hybridized carbons (Fsp3) is 0.625. The largest absolute Gasteiger partial charge is 0.493 e. The number of ether oxygens (including phenoxy) is 2. The third kappa shape index (κ3) is 3.53. The number of hydrogen-bond donors (Lipinski definition) is 1. The summed E-state index contributed by atoms with van der Waals surface area (Å²) >= 11 is 0. The van der Waals surface area contributed by atoms with Crippen molar-refractivity contribution in [1.29, 1.82) is 0 Å². The van der Waals surface area contributed by atoms with Gasteiger partial charge in [0.1, 0.15) is 11.8 Å². The highest BCUT2D eigenvalue weighted by molar-refractivity contribution is 5.95. The number of aromatic nitrogens is 1. The summed E-state index contributed by atoms with van der Waals surface area (Å²) in [6, 6.07) is 4.75. The predicted octanol–water partition coefficient (Wildman–Crippen LogP) is 3.86. The maximum atomic E-state index is 13.9. The van der Waals surface area contributed by atoms with Gasteiger partial charge in [0, 0.05) is 49.6 Å². The van der Waals surface area contributed by atoms with Gasteiger partial charge in [-0.25, -0.2) is 0 Å². The first-order chi connectivity index (χ1) is 19.0. The monoisotopic (exact) mass is 546 g/mol. The minimum Gasteiger partial charge on any atom is -0.493 e. The van der Waals surface area contributed by atoms with Gasteiger partial charge in [-0.3, -0.25) is 9.59 Å². The molecule has 1 aromatic heterocycles. The molecule has 1 aromatic carbocycles. The van der Waals surface area contributed by atoms with Crippen molar-refractivity contribution in [3.05, 3.63) is 45.8 Å². The summed E-state index contributed by atoms with van der Waals surface area (Å²) < 4.78 is 12.7. The Morgan fingerprint density at radius 2 is 1.82 bits per heavy atom. The summed E-state index contributed by atoms with van der Waals surface area (Å²) in [6.07, 6.45) is 3.39. The lowest BCUT2D eigenvalue weighted by atomic mass is 9.51. The van der Waals surface area contributed by atoms with Crippen LogP contribution in [0, 0.1) is 18.3 Å². The molecule has 0 saturated carbocycles. The number of hydrogen-bond acceptors (Lipinski definition) is 5. The Bertz CT molecular complexity index is 1400. The van der Waals surface area contributed by atoms with E-state index in [0.29, 0.717) is 50.3 Å². The van der Waals surface area contributed by atoms with E-state index in [1.807, 2.05) is 9.80 Å². The molecule has 5 aliphatic rings. The molecule has 40 heavy (non-hydrogen) atoms. The molecule has 7 rings (SSSR count). The molecule has 0 radical (unpaired) electrons. The Labute approximate surface area is 237 Å². The van der Waals surface area contributed by atoms with Gasteiger partial charge in [0.25, 0.3) is 5.91 Å². The lowest BCUT2D eigenvalue weighted by molar-refractivity contribution is -0.134. The molecule has 2 aromatic rings. The van der Waals surface area contributed by atoms with E-state index >= 15 is 0 Å². The fourth-order valence-corrected chi connectivity index (χ4v) is 8.53. The van der Waals surface area contributed by atoms with Crippen LogP contribution in [0.4, 0.5) is 0 Å². The van der Waals surface area contributed by atoms with Gasteiger partial charge in [0.15, 0.2) is 11.5 Å². The Kier molecular flexibility index (Phi) is 5.67. The number of methoxy groups -OCH3 is 1. The molecule has 4 atom stereocenters. The van der Waals surface area contributed by atoms with Crippen LogP contribution in [0.5, 0.6) is 11.5 Å². The van der Waals surface area contributed by atoms with Gasteiger partial charge in [-0.2, -0.15) is 0 Å². The summed E-state index contributed by atoms with van der Waals surface area (Å²) in [4.78, 5) is 36.7. The van der Waals surface area contributed by atoms with Gasteiger partial charge < -0.3 is 29.2 Å². The van der Waals surface area contributed by atoms with Crippen molar-refractivity contribution < 1.29 is 19.1 Å². The second-order valence-corrected chi connectivity index (χ2v) is 13.9. The summed E-state index contributed by atoms with van der Waals surface area (Å²) in [6.45, 7) is 11.7. The second-order valence-electron chi connectivity index (χ2n) is 13.9. The number of piperazine rings is 1. The molecule has 214 valence electrons. The quantitative estimate of drug-likeness (QED) is 0.633. The van der Waals surface area contributed by atoms with E-state index in [1.54, 1.807) is 7.11 Å². The number of aromatic amines is 1. The smallest absolute Gasteiger partial charge is 0.270 e. The van der Waals surface area contributed by atoms with Crippen LogP contribution in [0.15, 0.2) is 12.1 Å². The van der Waals surface area contributed by atoms with E-state index < -0.39 is 0 Å². The summed E-state index contributed by atoms with van der Waals surface area (Å²) in [5, 5.41) is 0. The minimum atomic E-state index is -0.144. The third-order valence-electron chi connectivity index (χ3n) is 10.5. The number of nitrogens with zero attached hydrogens (tertiary/aromatic N) is 3. The topological polar surface area (TPSA) is 78.1 Å². The average molecular weight is 547 g/mol. The first-order valence-electron chi connectivity index (χ1n) is 14.9. The molecular formula is C32H42N4O4. The zero-order chi connectivity index (χ0) is 28.1. The SMILES string of the molecule is COc1ccc2c3c1O[C@H]1c4[nH]c(C(=O)N5CCN(C(=O)CC(C)(C)C)CC5)c(C)c4CC4[C@H](C2)N(C)CC[C@@]341. The van der Waals surface area contributed by atoms with E-state index in [-0.39, 0.29) is 28.7 Å². The first-order valence-corrected chi connectivity index (χ1v) is 14.9. The van der Waals surface area contributed by atoms with Crippen LogP contribution in [0.25, 0.3) is 0 Å². The number of piperidine rings is 1. The van der Waals surface area contributed by atoms with Gasteiger partial charge >= 0.3 is 0 Å². The molecule has 8 nitrogen and oxygen atoms in total. The first kappa shape index (κ1) is 25.9. The van der Waals surface area contributed by atoms with E-state index in [0.717, 1.165) is 48.6 Å². The molecule has 4 heterocycles. The van der Waals surface area contributed by atoms with Crippen molar-refractivity contribution in [3.8, 4) is 11.5 Å². The molecule has 2 fully saturated rings. The van der Waals surface area contributed by atoms with E-state index in [9.17, 15) is 9.59 Å². The Morgan fingerprint density at radius 1 is 1.10 bits per heavy atom. The molecule has 1 N–H and O–H groups in total. The molecule has 1 unspecified atom stereocenters. The van der Waals surface area contributed by atoms with Gasteiger partial charge in [-0.1, -0.05) is 26.8 Å². The van der Waals surface area contributed by atoms with Crippen LogP contribution in [-0.2, 0) is 23.1 Å². The second kappa shape index (κ2) is 8.75. The van der Waals surface area contributed by atoms with Crippen LogP contribution in [0.2, 0.25) is 0 Å². The highest BCUT2D eigenvalue weighted by Gasteiger charge is 2.65. The van der Waals surface area contributed by atoms with Crippen LogP contribution < -0.4 is 9.47 Å². The van der Waals surface area contributed by atoms with E-state index in [4.69, 9.17) is 9.47 Å². The number of likely N-dealkylation sites (N-methyl/N-ethyl adjacent to an activating group) is 1. The van der Waals surface area contributed by atoms with Crippen molar-refractivity contribution in [2.45, 2.75) is 70.9 Å². The standard InChI is InChI=1S/C32H42N4O4/c1-18-20-16-21-22-15-19-7-8-23(39-6)28-25(19)32(21,9-10-34(22)5)29(40-28)27(20)33-26(18)30(38)36-13-11-35(12-14-36)24(37)17-31(2,3)4/h7-8,21-22,29,33H,9-17H2,1-6H3/t21?,22-,29-,32-/m0/s1. The predicted molar refractivity (Wildman–Crippen MR) is 152 cm³/mol. The number of amides is 2. The van der Waals surface area contributed by atoms with Crippen molar-refractivity contribution in [2.24, 2.45) is 11.3 Å². The Balaban J connectivity index is 1.21. The van der Waals surface area contributed by atoms with Gasteiger partial charge in [0.2, 0.25) is 5.91 Å². The normalized spacial score (nSPS) is 28.6. The minimum absolute atomic E-state index is 0.0316. The van der Waals surface area contributed by atoms with Crippen molar-refractivity contribution in [1.82, 2.24) is 19.7 Å². The zero-order valence-corrected chi connectivity index (χ0v) is 24.7. The maximum absolute atomic E-state index is 13.9. The molecule has 8 heteroatoms. The van der Waals surface area contributed by atoms with Crippen molar-refractivity contribution >= 4 is 11.8 Å². The zero-order valence-electron chi connectivity index (χ0n) is 24.7. The van der Waals surface area contributed by atoms with Gasteiger partial charge in [0.05, 0.1) is 12.8 Å². The van der Waals surface area contributed by atoms with Crippen LogP contribution in [0.1, 0.15) is 78.2 Å². The van der Waals surface area contributed by atoms with Crippen LogP contribution >= 0.6 is 0 Å². The number of nitrogens with one attached hydrogen (secondary N) is 1. The molecule has 2 amide bonds. The summed E-state index contributed by atoms with van der Waals surface area (Å²) in [7, 11) is 3.98. The lowest BCUT2D eigenvalue weighted by Gasteiger charge is -2.57. The van der Waals surface area contributed by atoms with E-state index in [1.165, 1.54) is 16.7 Å². The molecular weight excluding hydrogens is 504 g/mol. The molecule has 2 aliphatic carbocycles. The summed E-state index contributed by atoms with van der Waals surface area (Å²) in [5.74, 6) is 2.35. The fourth-order valence-electron chi connectivity index (χ4n) is 8.53. The highest BCUT2D eigenvalue weighted by Crippen LogP contribution is 2.67. The molecule has 3 aliphatic heterocycles. The van der Waals surface area contributed by atoms with Gasteiger partial charge in [-0.15, -0.1) is 0 Å². The third-order valence-corrected chi connectivity index (χ3v) is 10.5. The van der Waals surface area contributed by atoms with Crippen molar-refractivity contribution in [2.75, 3.05) is 46.9 Å². The number of carbonyl (C=O) groups is 2. The molecule has 2 bridgehead atoms. The number of benzene rings is 1. The molecule has 2 saturated heterocycles. The van der Waals surface area contributed by atoms with E-state index in [2.05, 4.69) is 56.8 Å². The summed E-state index contributed by atoms with van der Waals surface area (Å²) in [5.41, 5.74) is 6.66. The van der Waals surface area contributed by atoms with Gasteiger partial charge in [-0.05, 0) is 73.9 Å². The maximum Gasteiger partial charge on any atom is 0.270 e. The number of H-pyrrole nitrogens is 1. The number of rotatable bonds is 3. The highest BCUT2D eigenvalue weighted by atomic mass is 16.5. The Morgan fingerprint density at radius 3 is 2.52 bits per heavy atom. The number of fused-ring (bicyclic) bond motifs is 2. The lowest BCUT2D eigenvalue weighted by Crippen LogP contribution is -2.62.